The highest BCUT2D eigenvalue weighted by atomic mass is 35.5. The molecule has 1 aromatic carbocycles. The average Bonchev–Trinajstić information content (AvgIpc) is 2.87. The predicted molar refractivity (Wildman–Crippen MR) is 138 cm³/mol. The van der Waals surface area contributed by atoms with Crippen LogP contribution in [0.25, 0.3) is 0 Å². The Hall–Kier alpha value is -3.11. The SMILES string of the molecule is COc1cc(C(=O)NC2CCOCC2)ccc1Nc1ncc(Cl)c(N[C@@H]2CCCC[C@H]2NC(C)=O)n1. The van der Waals surface area contributed by atoms with Crippen LogP contribution in [0.1, 0.15) is 55.8 Å². The predicted octanol–water partition coefficient (Wildman–Crippen LogP) is 3.65. The van der Waals surface area contributed by atoms with Crippen LogP contribution >= 0.6 is 11.6 Å². The van der Waals surface area contributed by atoms with E-state index in [0.29, 0.717) is 47.0 Å². The number of nitrogens with one attached hydrogen (secondary N) is 4. The molecule has 2 aromatic rings. The van der Waals surface area contributed by atoms with Crippen molar-refractivity contribution in [2.24, 2.45) is 0 Å². The lowest BCUT2D eigenvalue weighted by Crippen LogP contribution is -2.48. The van der Waals surface area contributed by atoms with Crippen LogP contribution in [-0.4, -0.2) is 60.2 Å². The Morgan fingerprint density at radius 1 is 1.08 bits per heavy atom. The fourth-order valence-electron chi connectivity index (χ4n) is 4.61. The van der Waals surface area contributed by atoms with E-state index in [1.165, 1.54) is 13.1 Å². The van der Waals surface area contributed by atoms with Crippen molar-refractivity contribution >= 4 is 40.9 Å². The molecule has 4 rings (SSSR count). The Morgan fingerprint density at radius 2 is 1.83 bits per heavy atom. The van der Waals surface area contributed by atoms with Crippen LogP contribution < -0.4 is 26.0 Å². The fraction of sp³-hybridized carbons (Fsp3) is 0.520. The van der Waals surface area contributed by atoms with E-state index < -0.39 is 0 Å². The van der Waals surface area contributed by atoms with Crippen molar-refractivity contribution in [2.45, 2.75) is 63.6 Å². The second-order valence-corrected chi connectivity index (χ2v) is 9.54. The number of amides is 2. The van der Waals surface area contributed by atoms with Gasteiger partial charge in [-0.2, -0.15) is 4.98 Å². The van der Waals surface area contributed by atoms with Crippen molar-refractivity contribution in [2.75, 3.05) is 31.0 Å². The Kier molecular flexibility index (Phi) is 8.82. The van der Waals surface area contributed by atoms with Gasteiger partial charge in [0.25, 0.3) is 5.91 Å². The number of rotatable bonds is 8. The summed E-state index contributed by atoms with van der Waals surface area (Å²) in [6.45, 7) is 2.84. The molecule has 0 spiro atoms. The third kappa shape index (κ3) is 6.76. The third-order valence-electron chi connectivity index (χ3n) is 6.49. The third-order valence-corrected chi connectivity index (χ3v) is 6.76. The molecular weight excluding hydrogens is 484 g/mol. The van der Waals surface area contributed by atoms with Crippen molar-refractivity contribution in [1.29, 1.82) is 0 Å². The summed E-state index contributed by atoms with van der Waals surface area (Å²) in [7, 11) is 1.54. The maximum Gasteiger partial charge on any atom is 0.251 e. The van der Waals surface area contributed by atoms with E-state index in [1.54, 1.807) is 25.3 Å². The lowest BCUT2D eigenvalue weighted by atomic mass is 9.90. The molecule has 2 fully saturated rings. The van der Waals surface area contributed by atoms with E-state index in [4.69, 9.17) is 21.1 Å². The number of hydrogen-bond acceptors (Lipinski definition) is 8. The quantitative estimate of drug-likeness (QED) is 0.419. The topological polar surface area (TPSA) is 127 Å². The maximum atomic E-state index is 12.7. The minimum absolute atomic E-state index is 0.0126. The van der Waals surface area contributed by atoms with Gasteiger partial charge < -0.3 is 30.7 Å². The van der Waals surface area contributed by atoms with Crippen LogP contribution in [0.3, 0.4) is 0 Å². The number of benzene rings is 1. The number of hydrogen-bond donors (Lipinski definition) is 4. The van der Waals surface area contributed by atoms with E-state index in [-0.39, 0.29) is 29.9 Å². The second-order valence-electron chi connectivity index (χ2n) is 9.13. The molecule has 2 atom stereocenters. The van der Waals surface area contributed by atoms with Gasteiger partial charge in [-0.25, -0.2) is 4.98 Å². The number of halogens is 1. The molecular formula is C25H33ClN6O4. The summed E-state index contributed by atoms with van der Waals surface area (Å²) in [5.41, 5.74) is 1.12. The van der Waals surface area contributed by atoms with Crippen LogP contribution in [0.5, 0.6) is 5.75 Å². The van der Waals surface area contributed by atoms with Gasteiger partial charge in [-0.05, 0) is 43.9 Å². The maximum absolute atomic E-state index is 12.7. The molecule has 0 bridgehead atoms. The second kappa shape index (κ2) is 12.2. The molecule has 2 aliphatic rings. The van der Waals surface area contributed by atoms with Gasteiger partial charge >= 0.3 is 0 Å². The molecule has 0 unspecified atom stereocenters. The summed E-state index contributed by atoms with van der Waals surface area (Å²) >= 11 is 6.39. The molecule has 0 radical (unpaired) electrons. The smallest absolute Gasteiger partial charge is 0.251 e. The van der Waals surface area contributed by atoms with Crippen LogP contribution in [0.2, 0.25) is 5.02 Å². The zero-order valence-corrected chi connectivity index (χ0v) is 21.4. The van der Waals surface area contributed by atoms with Gasteiger partial charge in [0, 0.05) is 43.8 Å². The summed E-state index contributed by atoms with van der Waals surface area (Å²) < 4.78 is 10.9. The fourth-order valence-corrected chi connectivity index (χ4v) is 4.75. The van der Waals surface area contributed by atoms with E-state index in [0.717, 1.165) is 38.5 Å². The molecule has 1 aliphatic carbocycles. The Bertz CT molecular complexity index is 1080. The highest BCUT2D eigenvalue weighted by Crippen LogP contribution is 2.30. The van der Waals surface area contributed by atoms with Gasteiger partial charge in [-0.1, -0.05) is 24.4 Å². The molecule has 10 nitrogen and oxygen atoms in total. The molecule has 2 amide bonds. The molecule has 2 heterocycles. The van der Waals surface area contributed by atoms with E-state index in [9.17, 15) is 9.59 Å². The van der Waals surface area contributed by atoms with Crippen molar-refractivity contribution in [1.82, 2.24) is 20.6 Å². The van der Waals surface area contributed by atoms with Gasteiger partial charge in [-0.15, -0.1) is 0 Å². The van der Waals surface area contributed by atoms with Gasteiger partial charge in [-0.3, -0.25) is 9.59 Å². The summed E-state index contributed by atoms with van der Waals surface area (Å²) in [6, 6.07) is 5.32. The summed E-state index contributed by atoms with van der Waals surface area (Å²) in [5.74, 6) is 1.10. The van der Waals surface area contributed by atoms with Crippen LogP contribution in [0, 0.1) is 0 Å². The first-order valence-electron chi connectivity index (χ1n) is 12.3. The van der Waals surface area contributed by atoms with Gasteiger partial charge in [0.1, 0.15) is 10.8 Å². The first-order chi connectivity index (χ1) is 17.4. The summed E-state index contributed by atoms with van der Waals surface area (Å²) in [6.07, 6.45) is 7.07. The number of ether oxygens (including phenoxy) is 2. The molecule has 1 aliphatic heterocycles. The average molecular weight is 517 g/mol. The van der Waals surface area contributed by atoms with Gasteiger partial charge in [0.2, 0.25) is 11.9 Å². The largest absolute Gasteiger partial charge is 0.495 e. The minimum atomic E-state index is -0.151. The highest BCUT2D eigenvalue weighted by Gasteiger charge is 2.27. The molecule has 194 valence electrons. The van der Waals surface area contributed by atoms with Crippen molar-refractivity contribution in [3.63, 3.8) is 0 Å². The molecule has 1 saturated carbocycles. The van der Waals surface area contributed by atoms with E-state index >= 15 is 0 Å². The number of nitrogens with zero attached hydrogens (tertiary/aromatic N) is 2. The minimum Gasteiger partial charge on any atom is -0.495 e. The van der Waals surface area contributed by atoms with Crippen LogP contribution in [0.15, 0.2) is 24.4 Å². The molecule has 11 heteroatoms. The Morgan fingerprint density at radius 3 is 2.56 bits per heavy atom. The first kappa shape index (κ1) is 26.0. The Balaban J connectivity index is 1.46. The number of anilines is 3. The standard InChI is InChI=1S/C25H33ClN6O4/c1-15(33)28-19-5-3-4-6-20(19)30-23-18(26)14-27-25(32-23)31-21-8-7-16(13-22(21)35-2)24(34)29-17-9-11-36-12-10-17/h7-8,13-14,17,19-20H,3-6,9-12H2,1-2H3,(H,28,33)(H,29,34)(H2,27,30,31,32)/t19-,20-/m1/s1. The molecule has 1 saturated heterocycles. The molecule has 1 aromatic heterocycles. The van der Waals surface area contributed by atoms with Crippen molar-refractivity contribution < 1.29 is 19.1 Å². The normalized spacial score (nSPS) is 20.3. The van der Waals surface area contributed by atoms with Crippen molar-refractivity contribution in [3.8, 4) is 5.75 Å². The Labute approximate surface area is 215 Å². The lowest BCUT2D eigenvalue weighted by molar-refractivity contribution is -0.119. The number of carbonyl (C=O) groups excluding carboxylic acids is 2. The highest BCUT2D eigenvalue weighted by molar-refractivity contribution is 6.32. The zero-order chi connectivity index (χ0) is 25.5. The summed E-state index contributed by atoms with van der Waals surface area (Å²) in [4.78, 5) is 33.2. The molecule has 36 heavy (non-hydrogen) atoms. The summed E-state index contributed by atoms with van der Waals surface area (Å²) in [5, 5.41) is 13.0. The number of methoxy groups -OCH3 is 1. The van der Waals surface area contributed by atoms with Crippen molar-refractivity contribution in [3.05, 3.63) is 35.0 Å². The number of aromatic nitrogens is 2. The van der Waals surface area contributed by atoms with Gasteiger partial charge in [0.05, 0.1) is 19.0 Å². The zero-order valence-electron chi connectivity index (χ0n) is 20.6. The monoisotopic (exact) mass is 516 g/mol. The number of carbonyl (C=O) groups is 2. The lowest BCUT2D eigenvalue weighted by Gasteiger charge is -2.33. The van der Waals surface area contributed by atoms with Crippen LogP contribution in [0.4, 0.5) is 17.5 Å². The van der Waals surface area contributed by atoms with E-state index in [1.807, 2.05) is 0 Å². The van der Waals surface area contributed by atoms with Gasteiger partial charge in [0.15, 0.2) is 5.82 Å². The van der Waals surface area contributed by atoms with Crippen LogP contribution in [-0.2, 0) is 9.53 Å². The molecule has 4 N–H and O–H groups in total. The first-order valence-corrected chi connectivity index (χ1v) is 12.7. The van der Waals surface area contributed by atoms with E-state index in [2.05, 4.69) is 31.2 Å².